The Morgan fingerprint density at radius 1 is 1.00 bits per heavy atom. The molecule has 20 heavy (non-hydrogen) atoms. The quantitative estimate of drug-likeness (QED) is 0.691. The zero-order chi connectivity index (χ0) is 14.3. The number of carbonyl (C=O) groups excluding carboxylic acids is 1. The highest BCUT2D eigenvalue weighted by Gasteiger charge is 2.37. The minimum absolute atomic E-state index is 0.00460. The zero-order valence-corrected chi connectivity index (χ0v) is 10.4. The second-order valence-corrected chi connectivity index (χ2v) is 4.60. The van der Waals surface area contributed by atoms with Crippen LogP contribution >= 0.6 is 0 Å². The van der Waals surface area contributed by atoms with E-state index in [1.807, 2.05) is 0 Å². The summed E-state index contributed by atoms with van der Waals surface area (Å²) in [5, 5.41) is 29.3. The molecule has 0 saturated heterocycles. The highest BCUT2D eigenvalue weighted by atomic mass is 16.6. The molecular weight excluding hydrogens is 260 g/mol. The van der Waals surface area contributed by atoms with Crippen LogP contribution in [-0.4, -0.2) is 21.3 Å². The minimum atomic E-state index is -1.07. The lowest BCUT2D eigenvalue weighted by Crippen LogP contribution is -2.26. The average molecular weight is 272 g/mol. The Morgan fingerprint density at radius 3 is 2.40 bits per heavy atom. The molecular formula is C15H12O5. The first-order valence-corrected chi connectivity index (χ1v) is 6.08. The Hall–Kier alpha value is -2.53. The Balaban J connectivity index is 2.05. The van der Waals surface area contributed by atoms with Crippen LogP contribution in [0.4, 0.5) is 0 Å². The van der Waals surface area contributed by atoms with Crippen molar-refractivity contribution in [1.29, 1.82) is 0 Å². The molecule has 0 aliphatic carbocycles. The molecule has 3 rings (SSSR count). The summed E-state index contributed by atoms with van der Waals surface area (Å²) in [5.41, 5.74) is 0.895. The van der Waals surface area contributed by atoms with Crippen molar-refractivity contribution in [3.63, 3.8) is 0 Å². The molecule has 0 spiro atoms. The van der Waals surface area contributed by atoms with Crippen LogP contribution in [0.1, 0.15) is 33.7 Å². The molecule has 2 aromatic carbocycles. The molecule has 0 saturated carbocycles. The number of phenols is 2. The molecule has 5 nitrogen and oxygen atoms in total. The van der Waals surface area contributed by atoms with E-state index in [0.717, 1.165) is 0 Å². The van der Waals surface area contributed by atoms with E-state index in [0.29, 0.717) is 11.1 Å². The number of hydrogen-bond donors (Lipinski definition) is 3. The van der Waals surface area contributed by atoms with Gasteiger partial charge in [-0.15, -0.1) is 0 Å². The second kappa shape index (κ2) is 4.54. The Bertz CT molecular complexity index is 662. The van der Waals surface area contributed by atoms with Gasteiger partial charge in [-0.3, -0.25) is 0 Å². The fraction of sp³-hybridized carbons (Fsp3) is 0.133. The van der Waals surface area contributed by atoms with E-state index in [9.17, 15) is 20.1 Å². The molecule has 1 aliphatic heterocycles. The smallest absolute Gasteiger partial charge is 0.343 e. The molecule has 2 aromatic rings. The monoisotopic (exact) mass is 272 g/mol. The van der Waals surface area contributed by atoms with Gasteiger partial charge in [-0.1, -0.05) is 24.3 Å². The third-order valence-corrected chi connectivity index (χ3v) is 3.34. The fourth-order valence-electron chi connectivity index (χ4n) is 2.34. The largest absolute Gasteiger partial charge is 0.508 e. The Kier molecular flexibility index (Phi) is 2.84. The van der Waals surface area contributed by atoms with Crippen molar-refractivity contribution in [3.05, 3.63) is 59.2 Å². The molecule has 1 heterocycles. The number of phenolic OH excluding ortho intramolecular Hbond substituents is 2. The van der Waals surface area contributed by atoms with Gasteiger partial charge in [0.05, 0.1) is 0 Å². The molecule has 0 amide bonds. The molecule has 0 radical (unpaired) electrons. The average Bonchev–Trinajstić information content (AvgIpc) is 2.44. The third-order valence-electron chi connectivity index (χ3n) is 3.34. The van der Waals surface area contributed by atoms with Gasteiger partial charge in [0.25, 0.3) is 0 Å². The number of carbonyl (C=O) groups is 1. The van der Waals surface area contributed by atoms with Crippen LogP contribution in [0.25, 0.3) is 0 Å². The van der Waals surface area contributed by atoms with Crippen LogP contribution in [0.5, 0.6) is 11.5 Å². The third kappa shape index (κ3) is 1.88. The van der Waals surface area contributed by atoms with E-state index in [1.54, 1.807) is 24.3 Å². The van der Waals surface area contributed by atoms with Gasteiger partial charge >= 0.3 is 5.97 Å². The number of cyclic esters (lactones) is 1. The predicted octanol–water partition coefficient (Wildman–Crippen LogP) is 2.04. The molecule has 5 heteroatoms. The highest BCUT2D eigenvalue weighted by Crippen LogP contribution is 2.41. The summed E-state index contributed by atoms with van der Waals surface area (Å²) in [5.74, 6) is -0.805. The van der Waals surface area contributed by atoms with Crippen LogP contribution in [0.3, 0.4) is 0 Å². The normalized spacial score (nSPS) is 21.1. The number of hydrogen-bond acceptors (Lipinski definition) is 5. The number of ether oxygens (including phenoxy) is 1. The van der Waals surface area contributed by atoms with E-state index in [4.69, 9.17) is 4.74 Å². The molecule has 0 aromatic heterocycles. The molecule has 3 N–H and O–H groups in total. The van der Waals surface area contributed by atoms with Crippen LogP contribution in [-0.2, 0) is 4.74 Å². The van der Waals surface area contributed by atoms with Crippen LogP contribution < -0.4 is 0 Å². The topological polar surface area (TPSA) is 87.0 Å². The first kappa shape index (κ1) is 12.5. The number of fused-ring (bicyclic) bond motifs is 1. The zero-order valence-electron chi connectivity index (χ0n) is 10.4. The van der Waals surface area contributed by atoms with Gasteiger partial charge in [0.15, 0.2) is 6.10 Å². The number of aliphatic hydroxyl groups excluding tert-OH is 1. The maximum Gasteiger partial charge on any atom is 0.343 e. The lowest BCUT2D eigenvalue weighted by molar-refractivity contribution is -0.0310. The number of rotatable bonds is 1. The van der Waals surface area contributed by atoms with Crippen molar-refractivity contribution in [2.45, 2.75) is 12.2 Å². The van der Waals surface area contributed by atoms with Crippen molar-refractivity contribution in [1.82, 2.24) is 0 Å². The summed E-state index contributed by atoms with van der Waals surface area (Å²) in [6.45, 7) is 0. The summed E-state index contributed by atoms with van der Waals surface area (Å²) in [4.78, 5) is 12.0. The van der Waals surface area contributed by atoms with Gasteiger partial charge in [-0.2, -0.15) is 0 Å². The van der Waals surface area contributed by atoms with Crippen molar-refractivity contribution in [2.75, 3.05) is 0 Å². The summed E-state index contributed by atoms with van der Waals surface area (Å²) < 4.78 is 5.20. The number of aliphatic hydroxyl groups is 1. The minimum Gasteiger partial charge on any atom is -0.508 e. The maximum absolute atomic E-state index is 12.0. The van der Waals surface area contributed by atoms with Crippen molar-refractivity contribution >= 4 is 5.97 Å². The molecule has 0 unspecified atom stereocenters. The summed E-state index contributed by atoms with van der Waals surface area (Å²) in [6.07, 6.45) is -1.93. The first-order valence-electron chi connectivity index (χ1n) is 6.08. The van der Waals surface area contributed by atoms with E-state index < -0.39 is 18.2 Å². The van der Waals surface area contributed by atoms with Gasteiger partial charge in [-0.25, -0.2) is 4.79 Å². The molecule has 0 bridgehead atoms. The van der Waals surface area contributed by atoms with Crippen LogP contribution in [0, 0.1) is 0 Å². The summed E-state index contributed by atoms with van der Waals surface area (Å²) in [6, 6.07) is 10.6. The lowest BCUT2D eigenvalue weighted by atomic mass is 9.91. The lowest BCUT2D eigenvalue weighted by Gasteiger charge is -2.30. The van der Waals surface area contributed by atoms with Gasteiger partial charge in [0.2, 0.25) is 0 Å². The predicted molar refractivity (Wildman–Crippen MR) is 69.3 cm³/mol. The van der Waals surface area contributed by atoms with Gasteiger partial charge in [0, 0.05) is 5.56 Å². The second-order valence-electron chi connectivity index (χ2n) is 4.60. The van der Waals surface area contributed by atoms with Gasteiger partial charge in [-0.05, 0) is 23.8 Å². The maximum atomic E-state index is 12.0. The highest BCUT2D eigenvalue weighted by molar-refractivity contribution is 5.95. The van der Waals surface area contributed by atoms with Crippen molar-refractivity contribution < 1.29 is 24.9 Å². The van der Waals surface area contributed by atoms with E-state index >= 15 is 0 Å². The van der Waals surface area contributed by atoms with Crippen molar-refractivity contribution in [2.24, 2.45) is 0 Å². The fourth-order valence-corrected chi connectivity index (χ4v) is 2.34. The van der Waals surface area contributed by atoms with Gasteiger partial charge < -0.3 is 20.1 Å². The molecule has 1 aliphatic rings. The summed E-state index contributed by atoms with van der Waals surface area (Å²) in [7, 11) is 0. The van der Waals surface area contributed by atoms with Crippen LogP contribution in [0.2, 0.25) is 0 Å². The van der Waals surface area contributed by atoms with Crippen molar-refractivity contribution in [3.8, 4) is 11.5 Å². The Morgan fingerprint density at radius 2 is 1.70 bits per heavy atom. The first-order chi connectivity index (χ1) is 9.58. The number of esters is 1. The summed E-state index contributed by atoms with van der Waals surface area (Å²) >= 11 is 0. The van der Waals surface area contributed by atoms with E-state index in [1.165, 1.54) is 18.2 Å². The van der Waals surface area contributed by atoms with E-state index in [-0.39, 0.29) is 17.1 Å². The standard InChI is InChI=1S/C15H12O5/c16-9-6-4-8(5-7-9)14-13(18)10-2-1-3-11(17)12(10)15(19)20-14/h1-7,13-14,16-18H/t13-,14+/m1/s1. The number of benzene rings is 2. The molecule has 2 atom stereocenters. The SMILES string of the molecule is O=C1O[C@@H](c2ccc(O)cc2)[C@H](O)c2cccc(O)c21. The molecule has 102 valence electrons. The van der Waals surface area contributed by atoms with Crippen LogP contribution in [0.15, 0.2) is 42.5 Å². The number of aromatic hydroxyl groups is 2. The Labute approximate surface area is 114 Å². The van der Waals surface area contributed by atoms with E-state index in [2.05, 4.69) is 0 Å². The molecule has 0 fully saturated rings. The van der Waals surface area contributed by atoms with Gasteiger partial charge in [0.1, 0.15) is 23.2 Å².